The zero-order valence-electron chi connectivity index (χ0n) is 17.8. The van der Waals surface area contributed by atoms with Crippen molar-refractivity contribution in [1.82, 2.24) is 0 Å². The van der Waals surface area contributed by atoms with Crippen molar-refractivity contribution in [3.8, 4) is 0 Å². The first kappa shape index (κ1) is 20.8. The highest BCUT2D eigenvalue weighted by atomic mass is 16.4. The lowest BCUT2D eigenvalue weighted by Crippen LogP contribution is -2.33. The van der Waals surface area contributed by atoms with Crippen LogP contribution in [0.1, 0.15) is 67.6 Å². The van der Waals surface area contributed by atoms with E-state index in [2.05, 4.69) is 45.9 Å². The first-order valence-electron chi connectivity index (χ1n) is 9.95. The maximum absolute atomic E-state index is 12.6. The number of carboxylic acids is 1. The van der Waals surface area contributed by atoms with Gasteiger partial charge < -0.3 is 10.0 Å². The summed E-state index contributed by atoms with van der Waals surface area (Å²) < 4.78 is 0. The Kier molecular flexibility index (Phi) is 5.40. The predicted octanol–water partition coefficient (Wildman–Crippen LogP) is 5.41. The normalized spacial score (nSPS) is 17.0. The van der Waals surface area contributed by atoms with Crippen LogP contribution in [0.25, 0.3) is 6.08 Å². The third-order valence-corrected chi connectivity index (χ3v) is 6.13. The number of aromatic carboxylic acids is 1. The number of nitrogens with zero attached hydrogens (tertiary/aromatic N) is 1. The topological polar surface area (TPSA) is 57.6 Å². The van der Waals surface area contributed by atoms with E-state index in [0.29, 0.717) is 5.69 Å². The summed E-state index contributed by atoms with van der Waals surface area (Å²) in [6.07, 6.45) is 5.73. The Balaban J connectivity index is 1.81. The Morgan fingerprint density at radius 2 is 1.52 bits per heavy atom. The van der Waals surface area contributed by atoms with E-state index >= 15 is 0 Å². The third kappa shape index (κ3) is 4.26. The van der Waals surface area contributed by atoms with E-state index in [1.54, 1.807) is 25.3 Å². The van der Waals surface area contributed by atoms with Crippen molar-refractivity contribution in [2.24, 2.45) is 0 Å². The summed E-state index contributed by atoms with van der Waals surface area (Å²) in [6, 6.07) is 12.8. The van der Waals surface area contributed by atoms with Gasteiger partial charge in [0.25, 0.3) is 5.91 Å². The van der Waals surface area contributed by atoms with E-state index in [9.17, 15) is 9.59 Å². The second-order valence-electron chi connectivity index (χ2n) is 9.16. The zero-order chi connectivity index (χ0) is 21.4. The number of benzene rings is 2. The van der Waals surface area contributed by atoms with Crippen LogP contribution in [0.15, 0.2) is 48.5 Å². The van der Waals surface area contributed by atoms with Crippen molar-refractivity contribution in [3.05, 3.63) is 70.8 Å². The molecule has 1 N–H and O–H groups in total. The highest BCUT2D eigenvalue weighted by molar-refractivity contribution is 6.03. The molecule has 0 radical (unpaired) electrons. The SMILES string of the molecule is CN(C(=O)/C=C/c1ccc2c(c1)C(C)(C)CCC2(C)C)c1ccc(C(=O)O)cc1. The summed E-state index contributed by atoms with van der Waals surface area (Å²) in [4.78, 5) is 25.1. The van der Waals surface area contributed by atoms with Crippen LogP contribution in [0.3, 0.4) is 0 Å². The lowest BCUT2D eigenvalue weighted by atomic mass is 9.63. The second kappa shape index (κ2) is 7.51. The van der Waals surface area contributed by atoms with Crippen molar-refractivity contribution >= 4 is 23.6 Å². The molecule has 0 unspecified atom stereocenters. The lowest BCUT2D eigenvalue weighted by molar-refractivity contribution is -0.113. The number of carboxylic acid groups (broad SMARTS) is 1. The number of rotatable bonds is 4. The summed E-state index contributed by atoms with van der Waals surface area (Å²) >= 11 is 0. The van der Waals surface area contributed by atoms with Gasteiger partial charge in [-0.15, -0.1) is 0 Å². The van der Waals surface area contributed by atoms with Gasteiger partial charge in [0.1, 0.15) is 0 Å². The number of amides is 1. The Morgan fingerprint density at radius 1 is 0.931 bits per heavy atom. The van der Waals surface area contributed by atoms with Gasteiger partial charge in [-0.2, -0.15) is 0 Å². The van der Waals surface area contributed by atoms with Gasteiger partial charge in [-0.25, -0.2) is 4.79 Å². The Hall–Kier alpha value is -2.88. The molecule has 29 heavy (non-hydrogen) atoms. The van der Waals surface area contributed by atoms with Crippen LogP contribution in [-0.4, -0.2) is 24.0 Å². The van der Waals surface area contributed by atoms with Gasteiger partial charge in [0.15, 0.2) is 0 Å². The maximum Gasteiger partial charge on any atom is 0.335 e. The Labute approximate surface area is 172 Å². The van der Waals surface area contributed by atoms with Crippen LogP contribution < -0.4 is 4.90 Å². The molecule has 0 spiro atoms. The lowest BCUT2D eigenvalue weighted by Gasteiger charge is -2.42. The molecule has 0 atom stereocenters. The highest BCUT2D eigenvalue weighted by Crippen LogP contribution is 2.45. The fourth-order valence-corrected chi connectivity index (χ4v) is 3.94. The quantitative estimate of drug-likeness (QED) is 0.709. The predicted molar refractivity (Wildman–Crippen MR) is 118 cm³/mol. The van der Waals surface area contributed by atoms with Crippen molar-refractivity contribution in [2.45, 2.75) is 51.4 Å². The summed E-state index contributed by atoms with van der Waals surface area (Å²) in [5, 5.41) is 9.00. The van der Waals surface area contributed by atoms with Crippen molar-refractivity contribution < 1.29 is 14.7 Å². The number of anilines is 1. The van der Waals surface area contributed by atoms with Crippen LogP contribution in [0, 0.1) is 0 Å². The number of fused-ring (bicyclic) bond motifs is 1. The van der Waals surface area contributed by atoms with Crippen molar-refractivity contribution in [1.29, 1.82) is 0 Å². The average molecular weight is 392 g/mol. The number of hydrogen-bond donors (Lipinski definition) is 1. The van der Waals surface area contributed by atoms with Gasteiger partial charge in [-0.1, -0.05) is 45.9 Å². The van der Waals surface area contributed by atoms with Crippen molar-refractivity contribution in [3.63, 3.8) is 0 Å². The summed E-state index contributed by atoms with van der Waals surface area (Å²) in [5.41, 5.74) is 4.92. The zero-order valence-corrected chi connectivity index (χ0v) is 17.8. The molecule has 0 saturated heterocycles. The minimum atomic E-state index is -0.982. The average Bonchev–Trinajstić information content (AvgIpc) is 2.69. The van der Waals surface area contributed by atoms with Gasteiger partial charge in [0, 0.05) is 18.8 Å². The highest BCUT2D eigenvalue weighted by Gasteiger charge is 2.36. The molecule has 2 aromatic rings. The van der Waals surface area contributed by atoms with E-state index in [0.717, 1.165) is 12.0 Å². The van der Waals surface area contributed by atoms with Gasteiger partial charge in [0.2, 0.25) is 0 Å². The van der Waals surface area contributed by atoms with Crippen LogP contribution >= 0.6 is 0 Å². The minimum Gasteiger partial charge on any atom is -0.478 e. The molecule has 4 heteroatoms. The van der Waals surface area contributed by atoms with Crippen molar-refractivity contribution in [2.75, 3.05) is 11.9 Å². The fourth-order valence-electron chi connectivity index (χ4n) is 3.94. The standard InChI is InChI=1S/C25H29NO3/c1-24(2)14-15-25(3,4)21-16-17(6-12-20(21)24)7-13-22(27)26(5)19-10-8-18(9-11-19)23(28)29/h6-13,16H,14-15H2,1-5H3,(H,28,29)/b13-7+. The molecule has 0 aromatic heterocycles. The van der Waals surface area contributed by atoms with Gasteiger partial charge in [-0.3, -0.25) is 4.79 Å². The van der Waals surface area contributed by atoms with Crippen LogP contribution in [0.4, 0.5) is 5.69 Å². The molecule has 2 aromatic carbocycles. The van der Waals surface area contributed by atoms with E-state index in [-0.39, 0.29) is 22.3 Å². The molecule has 1 aliphatic carbocycles. The van der Waals surface area contributed by atoms with Gasteiger partial charge >= 0.3 is 5.97 Å². The minimum absolute atomic E-state index is 0.126. The number of hydrogen-bond acceptors (Lipinski definition) is 2. The number of likely N-dealkylation sites (N-methyl/N-ethyl adjacent to an activating group) is 1. The first-order chi connectivity index (χ1) is 13.5. The Morgan fingerprint density at radius 3 is 2.10 bits per heavy atom. The summed E-state index contributed by atoms with van der Waals surface area (Å²) in [7, 11) is 1.68. The molecule has 0 fully saturated rings. The molecule has 1 aliphatic rings. The molecule has 0 saturated carbocycles. The molecule has 0 bridgehead atoms. The molecule has 152 valence electrons. The molecule has 0 aliphatic heterocycles. The molecule has 1 amide bonds. The van der Waals surface area contributed by atoms with Gasteiger partial charge in [-0.05, 0) is 70.7 Å². The summed E-state index contributed by atoms with van der Waals surface area (Å²) in [6.45, 7) is 9.16. The Bertz CT molecular complexity index is 968. The molecule has 0 heterocycles. The monoisotopic (exact) mass is 391 g/mol. The molecular formula is C25H29NO3. The van der Waals surface area contributed by atoms with E-state index in [1.165, 1.54) is 34.6 Å². The maximum atomic E-state index is 12.6. The number of carbonyl (C=O) groups is 2. The smallest absolute Gasteiger partial charge is 0.335 e. The molecule has 3 rings (SSSR count). The van der Waals surface area contributed by atoms with E-state index < -0.39 is 5.97 Å². The largest absolute Gasteiger partial charge is 0.478 e. The van der Waals surface area contributed by atoms with E-state index in [4.69, 9.17) is 5.11 Å². The third-order valence-electron chi connectivity index (χ3n) is 6.13. The number of carbonyl (C=O) groups excluding carboxylic acids is 1. The van der Waals surface area contributed by atoms with Gasteiger partial charge in [0.05, 0.1) is 5.56 Å². The van der Waals surface area contributed by atoms with Crippen LogP contribution in [0.2, 0.25) is 0 Å². The first-order valence-corrected chi connectivity index (χ1v) is 9.95. The second-order valence-corrected chi connectivity index (χ2v) is 9.16. The molecular weight excluding hydrogens is 362 g/mol. The van der Waals surface area contributed by atoms with E-state index in [1.807, 2.05) is 6.08 Å². The fraction of sp³-hybridized carbons (Fsp3) is 0.360. The molecule has 4 nitrogen and oxygen atoms in total. The van der Waals surface area contributed by atoms with Crippen LogP contribution in [-0.2, 0) is 15.6 Å². The summed E-state index contributed by atoms with van der Waals surface area (Å²) in [5.74, 6) is -1.14. The van der Waals surface area contributed by atoms with Crippen LogP contribution in [0.5, 0.6) is 0 Å².